The lowest BCUT2D eigenvalue weighted by molar-refractivity contribution is -0.122. The van der Waals surface area contributed by atoms with E-state index in [0.717, 1.165) is 21.7 Å². The molecule has 1 aliphatic rings. The maximum absolute atomic E-state index is 13.3. The van der Waals surface area contributed by atoms with Crippen LogP contribution in [0.15, 0.2) is 59.9 Å². The highest BCUT2D eigenvalue weighted by Crippen LogP contribution is 2.32. The Hall–Kier alpha value is -3.30. The molecule has 1 aliphatic heterocycles. The maximum atomic E-state index is 13.3. The number of sulfonamides is 1. The zero-order valence-corrected chi connectivity index (χ0v) is 17.0. The van der Waals surface area contributed by atoms with Gasteiger partial charge >= 0.3 is 0 Å². The Kier molecular flexibility index (Phi) is 4.30. The van der Waals surface area contributed by atoms with Crippen molar-refractivity contribution in [1.82, 2.24) is 19.5 Å². The molecule has 3 heterocycles. The Labute approximate surface area is 173 Å². The average molecular weight is 421 g/mol. The molecule has 5 rings (SSSR count). The molecule has 4 aromatic rings. The van der Waals surface area contributed by atoms with Gasteiger partial charge in [-0.15, -0.1) is 0 Å². The number of nitrogens with one attached hydrogen (secondary N) is 2. The number of hydrogen-bond donors (Lipinski definition) is 2. The summed E-state index contributed by atoms with van der Waals surface area (Å²) in [5.41, 5.74) is 1.89. The summed E-state index contributed by atoms with van der Waals surface area (Å²) in [6, 6.07) is 10.1. The molecule has 2 aromatic carbocycles. The van der Waals surface area contributed by atoms with Gasteiger partial charge in [0.05, 0.1) is 11.7 Å². The van der Waals surface area contributed by atoms with Gasteiger partial charge in [0, 0.05) is 35.4 Å². The first-order chi connectivity index (χ1) is 14.4. The summed E-state index contributed by atoms with van der Waals surface area (Å²) in [7, 11) is -3.85. The van der Waals surface area contributed by atoms with E-state index in [0.29, 0.717) is 24.2 Å². The van der Waals surface area contributed by atoms with Gasteiger partial charge in [0.2, 0.25) is 15.9 Å². The molecular formula is C21H19N5O3S. The van der Waals surface area contributed by atoms with Crippen LogP contribution in [0.3, 0.4) is 0 Å². The van der Waals surface area contributed by atoms with Crippen LogP contribution in [0.4, 0.5) is 5.69 Å². The fraction of sp³-hybridized carbons (Fsp3) is 0.190. The normalized spacial score (nSPS) is 17.2. The van der Waals surface area contributed by atoms with Gasteiger partial charge in [0.15, 0.2) is 0 Å². The summed E-state index contributed by atoms with van der Waals surface area (Å²) < 4.78 is 27.9. The number of benzene rings is 2. The summed E-state index contributed by atoms with van der Waals surface area (Å²) in [5, 5.41) is 12.2. The first-order valence-corrected chi connectivity index (χ1v) is 11.0. The van der Waals surface area contributed by atoms with Crippen LogP contribution < -0.4 is 5.32 Å². The summed E-state index contributed by atoms with van der Waals surface area (Å²) in [5.74, 6) is -0.341. The van der Waals surface area contributed by atoms with E-state index in [9.17, 15) is 13.2 Å². The number of aryl methyl sites for hydroxylation is 1. The summed E-state index contributed by atoms with van der Waals surface area (Å²) in [6.45, 7) is 2.13. The van der Waals surface area contributed by atoms with Crippen LogP contribution in [-0.4, -0.2) is 46.4 Å². The van der Waals surface area contributed by atoms with Gasteiger partial charge in [-0.25, -0.2) is 8.42 Å². The fourth-order valence-corrected chi connectivity index (χ4v) is 5.69. The van der Waals surface area contributed by atoms with Gasteiger partial charge in [-0.2, -0.15) is 9.40 Å². The van der Waals surface area contributed by atoms with Crippen molar-refractivity contribution >= 4 is 43.3 Å². The monoisotopic (exact) mass is 421 g/mol. The predicted molar refractivity (Wildman–Crippen MR) is 114 cm³/mol. The minimum absolute atomic E-state index is 0.144. The lowest BCUT2D eigenvalue weighted by Gasteiger charge is -2.38. The Morgan fingerprint density at radius 1 is 1.13 bits per heavy atom. The largest absolute Gasteiger partial charge is 0.325 e. The van der Waals surface area contributed by atoms with Gasteiger partial charge in [0.1, 0.15) is 10.9 Å². The number of nitrogens with zero attached hydrogens (tertiary/aromatic N) is 3. The van der Waals surface area contributed by atoms with E-state index in [4.69, 9.17) is 0 Å². The van der Waals surface area contributed by atoms with Gasteiger partial charge in [-0.05, 0) is 54.6 Å². The Morgan fingerprint density at radius 2 is 2.00 bits per heavy atom. The van der Waals surface area contributed by atoms with Crippen molar-refractivity contribution in [1.29, 1.82) is 0 Å². The quantitative estimate of drug-likeness (QED) is 0.527. The molecule has 152 valence electrons. The summed E-state index contributed by atoms with van der Waals surface area (Å²) >= 11 is 0. The highest BCUT2D eigenvalue weighted by Gasteiger charge is 2.43. The molecule has 1 amide bonds. The Bertz CT molecular complexity index is 1400. The van der Waals surface area contributed by atoms with Crippen molar-refractivity contribution < 1.29 is 13.2 Å². The second-order valence-corrected chi connectivity index (χ2v) is 9.30. The summed E-state index contributed by atoms with van der Waals surface area (Å²) in [6.07, 6.45) is 5.50. The van der Waals surface area contributed by atoms with E-state index in [1.54, 1.807) is 30.7 Å². The van der Waals surface area contributed by atoms with E-state index in [-0.39, 0.29) is 10.8 Å². The number of aromatic nitrogens is 3. The second-order valence-electron chi connectivity index (χ2n) is 7.44. The van der Waals surface area contributed by atoms with Crippen molar-refractivity contribution in [2.45, 2.75) is 24.3 Å². The molecule has 0 radical (unpaired) electrons. The van der Waals surface area contributed by atoms with E-state index in [1.807, 2.05) is 31.2 Å². The van der Waals surface area contributed by atoms with Crippen LogP contribution in [0, 0.1) is 6.92 Å². The number of hydrogen-bond acceptors (Lipinski definition) is 5. The van der Waals surface area contributed by atoms with Crippen LogP contribution in [0.2, 0.25) is 0 Å². The fourth-order valence-electron chi connectivity index (χ4n) is 3.80. The number of aromatic amines is 1. The van der Waals surface area contributed by atoms with E-state index in [1.165, 1.54) is 4.31 Å². The highest BCUT2D eigenvalue weighted by molar-refractivity contribution is 7.89. The van der Waals surface area contributed by atoms with Gasteiger partial charge in [-0.1, -0.05) is 6.07 Å². The van der Waals surface area contributed by atoms with Crippen molar-refractivity contribution in [2.75, 3.05) is 11.9 Å². The molecule has 1 fully saturated rings. The number of H-pyrrole nitrogens is 1. The SMILES string of the molecule is Cc1cc(S(=O)(=O)N2CCC2C(=O)Nc2ccc3cnccc3c2)c2[nH]ncc2c1. The molecule has 8 nitrogen and oxygen atoms in total. The van der Waals surface area contributed by atoms with Crippen molar-refractivity contribution in [3.8, 4) is 0 Å². The molecule has 2 N–H and O–H groups in total. The van der Waals surface area contributed by atoms with Crippen LogP contribution in [0.5, 0.6) is 0 Å². The van der Waals surface area contributed by atoms with E-state index < -0.39 is 16.1 Å². The third-order valence-corrected chi connectivity index (χ3v) is 7.36. The topological polar surface area (TPSA) is 108 Å². The number of carbonyl (C=O) groups is 1. The molecule has 1 saturated heterocycles. The molecule has 0 saturated carbocycles. The average Bonchev–Trinajstić information content (AvgIpc) is 3.14. The first-order valence-electron chi connectivity index (χ1n) is 9.54. The van der Waals surface area contributed by atoms with Crippen molar-refractivity contribution in [3.05, 3.63) is 60.6 Å². The summed E-state index contributed by atoms with van der Waals surface area (Å²) in [4.78, 5) is 17.1. The number of carbonyl (C=O) groups excluding carboxylic acids is 1. The molecule has 2 aromatic heterocycles. The van der Waals surface area contributed by atoms with Crippen LogP contribution in [0.25, 0.3) is 21.7 Å². The second kappa shape index (κ2) is 6.89. The number of anilines is 1. The Morgan fingerprint density at radius 3 is 2.80 bits per heavy atom. The zero-order valence-electron chi connectivity index (χ0n) is 16.2. The lowest BCUT2D eigenvalue weighted by Crippen LogP contribution is -2.56. The number of rotatable bonds is 4. The maximum Gasteiger partial charge on any atom is 0.245 e. The molecule has 0 spiro atoms. The minimum Gasteiger partial charge on any atom is -0.325 e. The van der Waals surface area contributed by atoms with Crippen molar-refractivity contribution in [2.24, 2.45) is 0 Å². The molecular weight excluding hydrogens is 402 g/mol. The third-order valence-electron chi connectivity index (χ3n) is 5.42. The van der Waals surface area contributed by atoms with Gasteiger partial charge in [0.25, 0.3) is 0 Å². The van der Waals surface area contributed by atoms with E-state index >= 15 is 0 Å². The van der Waals surface area contributed by atoms with Gasteiger partial charge < -0.3 is 5.32 Å². The van der Waals surface area contributed by atoms with Gasteiger partial charge in [-0.3, -0.25) is 14.9 Å². The third kappa shape index (κ3) is 3.03. The number of pyridine rings is 1. The zero-order chi connectivity index (χ0) is 20.9. The van der Waals surface area contributed by atoms with Crippen LogP contribution in [0.1, 0.15) is 12.0 Å². The molecule has 9 heteroatoms. The smallest absolute Gasteiger partial charge is 0.245 e. The molecule has 0 bridgehead atoms. The lowest BCUT2D eigenvalue weighted by atomic mass is 10.1. The predicted octanol–water partition coefficient (Wildman–Crippen LogP) is 2.82. The number of amides is 1. The minimum atomic E-state index is -3.85. The molecule has 1 unspecified atom stereocenters. The molecule has 30 heavy (non-hydrogen) atoms. The molecule has 1 atom stereocenters. The van der Waals surface area contributed by atoms with Crippen LogP contribution >= 0.6 is 0 Å². The molecule has 0 aliphatic carbocycles. The van der Waals surface area contributed by atoms with Crippen molar-refractivity contribution in [3.63, 3.8) is 0 Å². The van der Waals surface area contributed by atoms with E-state index in [2.05, 4.69) is 20.5 Å². The Balaban J connectivity index is 1.42. The standard InChI is InChI=1S/C21H19N5O3S/c1-13-8-16-12-23-25-20(16)19(9-13)30(28,29)26-7-5-18(26)21(27)24-17-3-2-15-11-22-6-4-14(15)10-17/h2-4,6,8-12,18H,5,7H2,1H3,(H,23,25)(H,24,27). The number of fused-ring (bicyclic) bond motifs is 2. The first kappa shape index (κ1) is 18.7. The van der Waals surface area contributed by atoms with Crippen LogP contribution in [-0.2, 0) is 14.8 Å². The highest BCUT2D eigenvalue weighted by atomic mass is 32.2.